The van der Waals surface area contributed by atoms with Crippen molar-refractivity contribution in [3.05, 3.63) is 47.0 Å². The molecule has 0 aliphatic heterocycles. The molecule has 2 aromatic rings. The molecule has 1 aromatic carbocycles. The number of nitrogens with zero attached hydrogens (tertiary/aromatic N) is 1. The number of carbonyl (C=O) groups excluding carboxylic acids is 1. The van der Waals surface area contributed by atoms with E-state index in [0.717, 1.165) is 11.3 Å². The Morgan fingerprint density at radius 3 is 2.55 bits per heavy atom. The minimum absolute atomic E-state index is 0. The summed E-state index contributed by atoms with van der Waals surface area (Å²) in [6, 6.07) is 9.32. The third-order valence-corrected chi connectivity index (χ3v) is 3.86. The van der Waals surface area contributed by atoms with Crippen LogP contribution in [-0.4, -0.2) is 10.9 Å². The maximum Gasteiger partial charge on any atom is 0.230 e. The zero-order valence-electron chi connectivity index (χ0n) is 11.4. The zero-order valence-corrected chi connectivity index (χ0v) is 13.0. The van der Waals surface area contributed by atoms with Gasteiger partial charge in [0.1, 0.15) is 0 Å². The molecule has 2 atom stereocenters. The fourth-order valence-electron chi connectivity index (χ4n) is 1.76. The average Bonchev–Trinajstić information content (AvgIpc) is 2.83. The lowest BCUT2D eigenvalue weighted by molar-refractivity contribution is -0.120. The van der Waals surface area contributed by atoms with E-state index in [2.05, 4.69) is 10.3 Å². The zero-order chi connectivity index (χ0) is 13.8. The lowest BCUT2D eigenvalue weighted by Crippen LogP contribution is -2.30. The van der Waals surface area contributed by atoms with E-state index in [4.69, 9.17) is 5.73 Å². The molecule has 108 valence electrons. The number of nitrogens with one attached hydrogen (secondary N) is 1. The normalized spacial score (nSPS) is 13.2. The summed E-state index contributed by atoms with van der Waals surface area (Å²) < 4.78 is 0. The Kier molecular flexibility index (Phi) is 6.13. The van der Waals surface area contributed by atoms with E-state index in [1.54, 1.807) is 0 Å². The molecular weight excluding hydrogens is 294 g/mol. The van der Waals surface area contributed by atoms with Crippen molar-refractivity contribution >= 4 is 34.8 Å². The van der Waals surface area contributed by atoms with Crippen molar-refractivity contribution in [2.45, 2.75) is 19.9 Å². The van der Waals surface area contributed by atoms with Gasteiger partial charge in [-0.15, -0.1) is 23.7 Å². The highest BCUT2D eigenvalue weighted by molar-refractivity contribution is 7.13. The summed E-state index contributed by atoms with van der Waals surface area (Å²) in [5.74, 6) is -0.419. The van der Waals surface area contributed by atoms with Crippen LogP contribution in [0.1, 0.15) is 24.2 Å². The van der Waals surface area contributed by atoms with E-state index >= 15 is 0 Å². The number of halogens is 1. The number of rotatable bonds is 4. The van der Waals surface area contributed by atoms with E-state index < -0.39 is 0 Å². The van der Waals surface area contributed by atoms with Gasteiger partial charge in [-0.1, -0.05) is 37.3 Å². The topological polar surface area (TPSA) is 68.0 Å². The van der Waals surface area contributed by atoms with Crippen molar-refractivity contribution in [2.75, 3.05) is 5.32 Å². The minimum Gasteiger partial charge on any atom is -0.323 e. The van der Waals surface area contributed by atoms with Gasteiger partial charge < -0.3 is 11.1 Å². The van der Waals surface area contributed by atoms with Gasteiger partial charge in [-0.2, -0.15) is 0 Å². The maximum atomic E-state index is 12.1. The van der Waals surface area contributed by atoms with Crippen LogP contribution in [0, 0.1) is 12.8 Å². The van der Waals surface area contributed by atoms with Crippen LogP contribution in [0.2, 0.25) is 0 Å². The molecule has 0 radical (unpaired) electrons. The van der Waals surface area contributed by atoms with Crippen molar-refractivity contribution in [3.8, 4) is 0 Å². The van der Waals surface area contributed by atoms with Crippen LogP contribution in [0.25, 0.3) is 0 Å². The summed E-state index contributed by atoms with van der Waals surface area (Å²) in [4.78, 5) is 16.3. The molecule has 0 fully saturated rings. The summed E-state index contributed by atoms with van der Waals surface area (Å²) in [5.41, 5.74) is 7.98. The highest BCUT2D eigenvalue weighted by Gasteiger charge is 2.22. The van der Waals surface area contributed by atoms with E-state index in [1.807, 2.05) is 49.6 Å². The Bertz CT molecular complexity index is 559. The van der Waals surface area contributed by atoms with Crippen LogP contribution >= 0.6 is 23.7 Å². The quantitative estimate of drug-likeness (QED) is 0.911. The summed E-state index contributed by atoms with van der Waals surface area (Å²) in [6.07, 6.45) is 0. The second-order valence-corrected chi connectivity index (χ2v) is 5.37. The Labute approximate surface area is 128 Å². The number of benzene rings is 1. The second-order valence-electron chi connectivity index (χ2n) is 4.51. The van der Waals surface area contributed by atoms with E-state index in [1.165, 1.54) is 11.3 Å². The van der Waals surface area contributed by atoms with Crippen LogP contribution in [0.15, 0.2) is 35.7 Å². The predicted octanol–water partition coefficient (Wildman–Crippen LogP) is 3.15. The molecule has 3 N–H and O–H groups in total. The van der Waals surface area contributed by atoms with Crippen molar-refractivity contribution < 1.29 is 4.79 Å². The Morgan fingerprint density at radius 2 is 2.00 bits per heavy atom. The number of amides is 1. The molecule has 20 heavy (non-hydrogen) atoms. The Balaban J connectivity index is 0.00000200. The van der Waals surface area contributed by atoms with Crippen molar-refractivity contribution in [3.63, 3.8) is 0 Å². The number of thiazole rings is 1. The number of anilines is 1. The molecule has 1 heterocycles. The molecule has 6 heteroatoms. The van der Waals surface area contributed by atoms with Crippen molar-refractivity contribution in [2.24, 2.45) is 11.7 Å². The number of aryl methyl sites for hydroxylation is 1. The van der Waals surface area contributed by atoms with Crippen molar-refractivity contribution in [1.82, 2.24) is 4.98 Å². The molecule has 2 unspecified atom stereocenters. The average molecular weight is 312 g/mol. The minimum atomic E-state index is -0.317. The second kappa shape index (κ2) is 7.38. The van der Waals surface area contributed by atoms with Crippen LogP contribution in [0.4, 0.5) is 5.13 Å². The fourth-order valence-corrected chi connectivity index (χ4v) is 2.45. The van der Waals surface area contributed by atoms with Gasteiger partial charge in [-0.3, -0.25) is 4.79 Å². The summed E-state index contributed by atoms with van der Waals surface area (Å²) in [6.45, 7) is 3.72. The molecule has 1 amide bonds. The first kappa shape index (κ1) is 16.6. The number of aromatic nitrogens is 1. The predicted molar refractivity (Wildman–Crippen MR) is 85.3 cm³/mol. The van der Waals surface area contributed by atoms with Crippen LogP contribution < -0.4 is 11.1 Å². The smallest absolute Gasteiger partial charge is 0.230 e. The van der Waals surface area contributed by atoms with E-state index in [0.29, 0.717) is 5.13 Å². The fraction of sp³-hybridized carbons (Fsp3) is 0.286. The molecule has 0 bridgehead atoms. The SMILES string of the molecule is Cc1csc(NC(=O)C(C)C(N)c2ccccc2)n1.Cl. The van der Waals surface area contributed by atoms with E-state index in [9.17, 15) is 4.79 Å². The molecule has 0 aliphatic rings. The summed E-state index contributed by atoms with van der Waals surface area (Å²) in [7, 11) is 0. The number of nitrogens with two attached hydrogens (primary N) is 1. The number of hydrogen-bond acceptors (Lipinski definition) is 4. The van der Waals surface area contributed by atoms with Crippen LogP contribution in [0.3, 0.4) is 0 Å². The molecule has 4 nitrogen and oxygen atoms in total. The number of hydrogen-bond donors (Lipinski definition) is 2. The van der Waals surface area contributed by atoms with Gasteiger partial charge in [0.05, 0.1) is 11.6 Å². The Hall–Kier alpha value is -1.43. The van der Waals surface area contributed by atoms with Gasteiger partial charge in [-0.05, 0) is 12.5 Å². The molecule has 0 saturated heterocycles. The maximum absolute atomic E-state index is 12.1. The highest BCUT2D eigenvalue weighted by atomic mass is 35.5. The van der Waals surface area contributed by atoms with E-state index in [-0.39, 0.29) is 30.3 Å². The highest BCUT2D eigenvalue weighted by Crippen LogP contribution is 2.22. The lowest BCUT2D eigenvalue weighted by atomic mass is 9.95. The van der Waals surface area contributed by atoms with Gasteiger partial charge in [-0.25, -0.2) is 4.98 Å². The molecule has 0 spiro atoms. The summed E-state index contributed by atoms with van der Waals surface area (Å²) in [5, 5.41) is 5.32. The van der Waals surface area contributed by atoms with Gasteiger partial charge in [0.2, 0.25) is 5.91 Å². The van der Waals surface area contributed by atoms with Crippen molar-refractivity contribution in [1.29, 1.82) is 0 Å². The molecule has 1 aromatic heterocycles. The summed E-state index contributed by atoms with van der Waals surface area (Å²) >= 11 is 1.42. The standard InChI is InChI=1S/C14H17N3OS.ClH/c1-9-8-19-14(16-9)17-13(18)10(2)12(15)11-6-4-3-5-7-11;/h3-8,10,12H,15H2,1-2H3,(H,16,17,18);1H. The molecular formula is C14H18ClN3OS. The molecule has 2 rings (SSSR count). The molecule has 0 aliphatic carbocycles. The monoisotopic (exact) mass is 311 g/mol. The van der Waals surface area contributed by atoms with Gasteiger partial charge in [0, 0.05) is 11.4 Å². The van der Waals surface area contributed by atoms with Crippen LogP contribution in [-0.2, 0) is 4.79 Å². The van der Waals surface area contributed by atoms with Gasteiger partial charge >= 0.3 is 0 Å². The largest absolute Gasteiger partial charge is 0.323 e. The lowest BCUT2D eigenvalue weighted by Gasteiger charge is -2.19. The van der Waals surface area contributed by atoms with Gasteiger partial charge in [0.15, 0.2) is 5.13 Å². The first-order chi connectivity index (χ1) is 9.08. The number of carbonyl (C=O) groups is 1. The first-order valence-electron chi connectivity index (χ1n) is 6.11. The molecule has 0 saturated carbocycles. The van der Waals surface area contributed by atoms with Gasteiger partial charge in [0.25, 0.3) is 0 Å². The van der Waals surface area contributed by atoms with Crippen LogP contribution in [0.5, 0.6) is 0 Å². The third-order valence-electron chi connectivity index (χ3n) is 2.99. The Morgan fingerprint density at radius 1 is 1.35 bits per heavy atom. The first-order valence-corrected chi connectivity index (χ1v) is 6.99. The third kappa shape index (κ3) is 4.03.